The Hall–Kier alpha value is -3.48. The lowest BCUT2D eigenvalue weighted by molar-refractivity contribution is -0.155. The fraction of sp³-hybridized carbons (Fsp3) is 0.304. The van der Waals surface area contributed by atoms with Crippen LogP contribution in [0.25, 0.3) is 0 Å². The van der Waals surface area contributed by atoms with Gasteiger partial charge in [-0.25, -0.2) is 4.79 Å². The zero-order chi connectivity index (χ0) is 21.8. The van der Waals surface area contributed by atoms with Gasteiger partial charge < -0.3 is 9.64 Å². The molecule has 1 unspecified atom stereocenters. The van der Waals surface area contributed by atoms with Gasteiger partial charge in [-0.05, 0) is 38.5 Å². The number of hydrogen-bond donors (Lipinski definition) is 0. The van der Waals surface area contributed by atoms with Gasteiger partial charge in [-0.2, -0.15) is 0 Å². The summed E-state index contributed by atoms with van der Waals surface area (Å²) in [5, 5.41) is 0. The van der Waals surface area contributed by atoms with Crippen LogP contribution in [0.2, 0.25) is 0 Å². The largest absolute Gasteiger partial charge is 0.454 e. The average molecular weight is 408 g/mol. The molecule has 7 nitrogen and oxygen atoms in total. The number of carbonyl (C=O) groups excluding carboxylic acids is 4. The molecule has 0 radical (unpaired) electrons. The Labute approximate surface area is 175 Å². The average Bonchev–Trinajstić information content (AvgIpc) is 3.00. The summed E-state index contributed by atoms with van der Waals surface area (Å²) in [7, 11) is 0. The van der Waals surface area contributed by atoms with E-state index in [-0.39, 0.29) is 23.1 Å². The predicted molar refractivity (Wildman–Crippen MR) is 109 cm³/mol. The second-order valence-electron chi connectivity index (χ2n) is 7.41. The summed E-state index contributed by atoms with van der Waals surface area (Å²) in [6.07, 6.45) is 0. The summed E-state index contributed by atoms with van der Waals surface area (Å²) in [5.41, 5.74) is 1.48. The number of amides is 3. The molecule has 1 heterocycles. The smallest absolute Gasteiger partial charge is 0.329 e. The lowest BCUT2D eigenvalue weighted by Gasteiger charge is -2.27. The molecule has 0 saturated heterocycles. The molecule has 3 rings (SSSR count). The molecule has 2 aromatic carbocycles. The van der Waals surface area contributed by atoms with Crippen molar-refractivity contribution in [2.45, 2.75) is 39.4 Å². The summed E-state index contributed by atoms with van der Waals surface area (Å²) in [6, 6.07) is 14.7. The summed E-state index contributed by atoms with van der Waals surface area (Å²) < 4.78 is 5.17. The van der Waals surface area contributed by atoms with Crippen molar-refractivity contribution in [1.82, 2.24) is 9.80 Å². The highest BCUT2D eigenvalue weighted by molar-refractivity contribution is 6.22. The highest BCUT2D eigenvalue weighted by atomic mass is 16.5. The third-order valence-electron chi connectivity index (χ3n) is 5.03. The van der Waals surface area contributed by atoms with Crippen LogP contribution < -0.4 is 0 Å². The van der Waals surface area contributed by atoms with Gasteiger partial charge in [-0.1, -0.05) is 42.5 Å². The molecule has 0 spiro atoms. The quantitative estimate of drug-likeness (QED) is 0.520. The first-order valence-electron chi connectivity index (χ1n) is 9.78. The van der Waals surface area contributed by atoms with Crippen molar-refractivity contribution < 1.29 is 23.9 Å². The van der Waals surface area contributed by atoms with Gasteiger partial charge in [0.2, 0.25) is 0 Å². The van der Waals surface area contributed by atoms with Crippen LogP contribution in [0.4, 0.5) is 0 Å². The van der Waals surface area contributed by atoms with Gasteiger partial charge in [-0.15, -0.1) is 0 Å². The molecule has 156 valence electrons. The normalized spacial score (nSPS) is 13.9. The lowest BCUT2D eigenvalue weighted by atomic mass is 10.1. The monoisotopic (exact) mass is 408 g/mol. The maximum absolute atomic E-state index is 12.6. The van der Waals surface area contributed by atoms with Gasteiger partial charge >= 0.3 is 5.97 Å². The number of benzene rings is 2. The van der Waals surface area contributed by atoms with Crippen molar-refractivity contribution in [3.8, 4) is 0 Å². The highest BCUT2D eigenvalue weighted by Crippen LogP contribution is 2.24. The van der Waals surface area contributed by atoms with Crippen LogP contribution >= 0.6 is 0 Å². The lowest BCUT2D eigenvalue weighted by Crippen LogP contribution is -2.45. The van der Waals surface area contributed by atoms with Gasteiger partial charge in [0, 0.05) is 12.6 Å². The maximum atomic E-state index is 12.6. The van der Waals surface area contributed by atoms with Crippen molar-refractivity contribution >= 4 is 23.7 Å². The van der Waals surface area contributed by atoms with E-state index >= 15 is 0 Å². The van der Waals surface area contributed by atoms with E-state index in [9.17, 15) is 19.2 Å². The third kappa shape index (κ3) is 4.25. The SMILES string of the molecule is CC(C)N(Cc1ccccc1)C(=O)COC(=O)C(C)N1C(=O)c2ccccc2C1=O. The van der Waals surface area contributed by atoms with Crippen molar-refractivity contribution in [3.63, 3.8) is 0 Å². The molecule has 0 saturated carbocycles. The van der Waals surface area contributed by atoms with Gasteiger partial charge in [0.05, 0.1) is 11.1 Å². The van der Waals surface area contributed by atoms with Gasteiger partial charge in [0.1, 0.15) is 6.04 Å². The minimum Gasteiger partial charge on any atom is -0.454 e. The van der Waals surface area contributed by atoms with Crippen LogP contribution in [-0.4, -0.2) is 52.2 Å². The highest BCUT2D eigenvalue weighted by Gasteiger charge is 2.41. The van der Waals surface area contributed by atoms with Crippen LogP contribution in [0.5, 0.6) is 0 Å². The summed E-state index contributed by atoms with van der Waals surface area (Å²) >= 11 is 0. The second kappa shape index (κ2) is 8.90. The topological polar surface area (TPSA) is 84.0 Å². The van der Waals surface area contributed by atoms with E-state index in [2.05, 4.69) is 0 Å². The number of hydrogen-bond acceptors (Lipinski definition) is 5. The number of rotatable bonds is 7. The molecular formula is C23H24N2O5. The van der Waals surface area contributed by atoms with Crippen LogP contribution in [0, 0.1) is 0 Å². The molecule has 0 aromatic heterocycles. The van der Waals surface area contributed by atoms with Crippen LogP contribution in [0.1, 0.15) is 47.1 Å². The van der Waals surface area contributed by atoms with Crippen LogP contribution in [-0.2, 0) is 20.9 Å². The number of ether oxygens (including phenoxy) is 1. The maximum Gasteiger partial charge on any atom is 0.329 e. The van der Waals surface area contributed by atoms with Crippen molar-refractivity contribution in [3.05, 3.63) is 71.3 Å². The Kier molecular flexibility index (Phi) is 6.30. The van der Waals surface area contributed by atoms with Crippen LogP contribution in [0.15, 0.2) is 54.6 Å². The Bertz CT molecular complexity index is 936. The Morgan fingerprint density at radius 3 is 1.97 bits per heavy atom. The number of carbonyl (C=O) groups is 4. The molecule has 1 atom stereocenters. The molecule has 0 N–H and O–H groups in total. The molecule has 2 aromatic rings. The molecule has 0 bridgehead atoms. The zero-order valence-corrected chi connectivity index (χ0v) is 17.2. The Morgan fingerprint density at radius 1 is 0.900 bits per heavy atom. The van der Waals surface area contributed by atoms with Gasteiger partial charge in [-0.3, -0.25) is 19.3 Å². The molecule has 0 aliphatic carbocycles. The van der Waals surface area contributed by atoms with E-state index in [1.54, 1.807) is 29.2 Å². The standard InChI is InChI=1S/C23H24N2O5/c1-15(2)24(13-17-9-5-4-6-10-17)20(26)14-30-23(29)16(3)25-21(27)18-11-7-8-12-19(18)22(25)28/h4-12,15-16H,13-14H2,1-3H3. The molecule has 7 heteroatoms. The van der Waals surface area contributed by atoms with E-state index < -0.39 is 30.4 Å². The summed E-state index contributed by atoms with van der Waals surface area (Å²) in [5.74, 6) is -2.24. The zero-order valence-electron chi connectivity index (χ0n) is 17.2. The molecule has 0 fully saturated rings. The van der Waals surface area contributed by atoms with Gasteiger partial charge in [0.15, 0.2) is 6.61 Å². The molecule has 1 aliphatic heterocycles. The summed E-state index contributed by atoms with van der Waals surface area (Å²) in [4.78, 5) is 52.6. The number of imide groups is 1. The van der Waals surface area contributed by atoms with Crippen LogP contribution in [0.3, 0.4) is 0 Å². The van der Waals surface area contributed by atoms with Gasteiger partial charge in [0.25, 0.3) is 17.7 Å². The molecule has 3 amide bonds. The van der Waals surface area contributed by atoms with E-state index in [1.807, 2.05) is 44.2 Å². The van der Waals surface area contributed by atoms with E-state index in [1.165, 1.54) is 6.92 Å². The fourth-order valence-corrected chi connectivity index (χ4v) is 3.34. The molecule has 1 aliphatic rings. The number of nitrogens with zero attached hydrogens (tertiary/aromatic N) is 2. The van der Waals surface area contributed by atoms with Crippen molar-refractivity contribution in [2.75, 3.05) is 6.61 Å². The first-order valence-corrected chi connectivity index (χ1v) is 9.78. The first-order chi connectivity index (χ1) is 14.3. The van der Waals surface area contributed by atoms with Crippen molar-refractivity contribution in [2.24, 2.45) is 0 Å². The predicted octanol–water partition coefficient (Wildman–Crippen LogP) is 2.65. The fourth-order valence-electron chi connectivity index (χ4n) is 3.34. The third-order valence-corrected chi connectivity index (χ3v) is 5.03. The van der Waals surface area contributed by atoms with E-state index in [4.69, 9.17) is 4.74 Å². The minimum absolute atomic E-state index is 0.0925. The van der Waals surface area contributed by atoms with E-state index in [0.717, 1.165) is 10.5 Å². The number of esters is 1. The molecular weight excluding hydrogens is 384 g/mol. The molecule has 30 heavy (non-hydrogen) atoms. The Balaban J connectivity index is 1.62. The first kappa shape index (κ1) is 21.2. The van der Waals surface area contributed by atoms with Crippen molar-refractivity contribution in [1.29, 1.82) is 0 Å². The second-order valence-corrected chi connectivity index (χ2v) is 7.41. The minimum atomic E-state index is -1.13. The Morgan fingerprint density at radius 2 is 1.43 bits per heavy atom. The van der Waals surface area contributed by atoms with E-state index in [0.29, 0.717) is 6.54 Å². The summed E-state index contributed by atoms with van der Waals surface area (Å²) in [6.45, 7) is 5.10. The number of fused-ring (bicyclic) bond motifs is 1.